The Balaban J connectivity index is 1.45. The molecule has 2 aliphatic carbocycles. The molecule has 1 heterocycles. The highest BCUT2D eigenvalue weighted by Crippen LogP contribution is 2.43. The molecule has 2 fully saturated rings. The molecule has 0 spiro atoms. The normalized spacial score (nSPS) is 29.3. The van der Waals surface area contributed by atoms with Crippen LogP contribution in [0.5, 0.6) is 0 Å². The number of aliphatic hydroxyl groups is 1. The SMILES string of the molecule is OCC1(NC2CC2)CCC(Sc2nc3ccccc3s2)C1. The van der Waals surface area contributed by atoms with Gasteiger partial charge < -0.3 is 10.4 Å². The minimum Gasteiger partial charge on any atom is -0.394 e. The number of nitrogens with one attached hydrogen (secondary N) is 1. The minimum absolute atomic E-state index is 0.0322. The molecule has 2 aromatic rings. The number of aliphatic hydroxyl groups excluding tert-OH is 1. The molecule has 2 saturated carbocycles. The van der Waals surface area contributed by atoms with E-state index in [-0.39, 0.29) is 12.1 Å². The van der Waals surface area contributed by atoms with Gasteiger partial charge in [-0.3, -0.25) is 0 Å². The molecular formula is C16H20N2OS2. The van der Waals surface area contributed by atoms with Crippen molar-refractivity contribution < 1.29 is 5.11 Å². The molecule has 0 amide bonds. The van der Waals surface area contributed by atoms with Crippen molar-refractivity contribution in [3.05, 3.63) is 24.3 Å². The van der Waals surface area contributed by atoms with E-state index in [9.17, 15) is 5.11 Å². The Hall–Kier alpha value is -0.620. The van der Waals surface area contributed by atoms with Crippen molar-refractivity contribution in [2.24, 2.45) is 0 Å². The fourth-order valence-corrected chi connectivity index (χ4v) is 5.84. The summed E-state index contributed by atoms with van der Waals surface area (Å²) in [6.07, 6.45) is 5.86. The summed E-state index contributed by atoms with van der Waals surface area (Å²) in [6, 6.07) is 8.99. The molecule has 21 heavy (non-hydrogen) atoms. The zero-order valence-corrected chi connectivity index (χ0v) is 13.6. The van der Waals surface area contributed by atoms with Gasteiger partial charge in [0.15, 0.2) is 4.34 Å². The molecule has 0 saturated heterocycles. The maximum absolute atomic E-state index is 9.81. The molecule has 1 aromatic carbocycles. The van der Waals surface area contributed by atoms with E-state index in [2.05, 4.69) is 23.5 Å². The van der Waals surface area contributed by atoms with Gasteiger partial charge in [0, 0.05) is 16.8 Å². The monoisotopic (exact) mass is 320 g/mol. The Bertz CT molecular complexity index is 607. The predicted molar refractivity (Wildman–Crippen MR) is 89.1 cm³/mol. The number of aromatic nitrogens is 1. The van der Waals surface area contributed by atoms with Crippen LogP contribution in [0.15, 0.2) is 28.6 Å². The number of fused-ring (bicyclic) bond motifs is 1. The molecule has 4 rings (SSSR count). The van der Waals surface area contributed by atoms with Crippen LogP contribution in [-0.4, -0.2) is 33.5 Å². The lowest BCUT2D eigenvalue weighted by Crippen LogP contribution is -2.47. The summed E-state index contributed by atoms with van der Waals surface area (Å²) in [5.41, 5.74) is 1.07. The molecule has 5 heteroatoms. The predicted octanol–water partition coefficient (Wildman–Crippen LogP) is 3.42. The lowest BCUT2D eigenvalue weighted by Gasteiger charge is -2.28. The number of rotatable bonds is 5. The Morgan fingerprint density at radius 1 is 1.33 bits per heavy atom. The molecule has 112 valence electrons. The molecule has 2 atom stereocenters. The summed E-state index contributed by atoms with van der Waals surface area (Å²) in [5, 5.41) is 14.1. The number of nitrogens with zero attached hydrogens (tertiary/aromatic N) is 1. The largest absolute Gasteiger partial charge is 0.394 e. The lowest BCUT2D eigenvalue weighted by molar-refractivity contribution is 0.163. The second-order valence-corrected chi connectivity index (χ2v) is 8.87. The van der Waals surface area contributed by atoms with Gasteiger partial charge in [0.1, 0.15) is 0 Å². The van der Waals surface area contributed by atoms with Gasteiger partial charge in [-0.1, -0.05) is 23.9 Å². The number of hydrogen-bond acceptors (Lipinski definition) is 5. The Kier molecular flexibility index (Phi) is 3.69. The third-order valence-electron chi connectivity index (χ3n) is 4.50. The van der Waals surface area contributed by atoms with Crippen LogP contribution >= 0.6 is 23.1 Å². The number of thiazole rings is 1. The minimum atomic E-state index is -0.0322. The van der Waals surface area contributed by atoms with Gasteiger partial charge in [-0.25, -0.2) is 4.98 Å². The van der Waals surface area contributed by atoms with Gasteiger partial charge in [0.25, 0.3) is 0 Å². The van der Waals surface area contributed by atoms with Crippen LogP contribution in [0.4, 0.5) is 0 Å². The van der Waals surface area contributed by atoms with E-state index >= 15 is 0 Å². The maximum Gasteiger partial charge on any atom is 0.151 e. The second-order valence-electron chi connectivity index (χ2n) is 6.29. The van der Waals surface area contributed by atoms with Crippen LogP contribution in [-0.2, 0) is 0 Å². The summed E-state index contributed by atoms with van der Waals surface area (Å²) in [5.74, 6) is 0. The zero-order chi connectivity index (χ0) is 14.3. The van der Waals surface area contributed by atoms with Crippen molar-refractivity contribution in [1.29, 1.82) is 0 Å². The summed E-state index contributed by atoms with van der Waals surface area (Å²) in [7, 11) is 0. The Morgan fingerprint density at radius 2 is 2.19 bits per heavy atom. The molecule has 3 nitrogen and oxygen atoms in total. The number of para-hydroxylation sites is 1. The smallest absolute Gasteiger partial charge is 0.151 e. The summed E-state index contributed by atoms with van der Waals surface area (Å²) < 4.78 is 2.43. The van der Waals surface area contributed by atoms with Crippen molar-refractivity contribution >= 4 is 33.3 Å². The van der Waals surface area contributed by atoms with Gasteiger partial charge in [0.05, 0.1) is 16.8 Å². The maximum atomic E-state index is 9.81. The average Bonchev–Trinajstić information content (AvgIpc) is 3.07. The van der Waals surface area contributed by atoms with E-state index in [1.54, 1.807) is 11.3 Å². The van der Waals surface area contributed by atoms with Gasteiger partial charge in [-0.2, -0.15) is 0 Å². The van der Waals surface area contributed by atoms with Crippen molar-refractivity contribution in [2.75, 3.05) is 6.61 Å². The van der Waals surface area contributed by atoms with Gasteiger partial charge in [-0.05, 0) is 44.2 Å². The van der Waals surface area contributed by atoms with Crippen molar-refractivity contribution in [3.63, 3.8) is 0 Å². The van der Waals surface area contributed by atoms with Gasteiger partial charge in [-0.15, -0.1) is 11.3 Å². The van der Waals surface area contributed by atoms with E-state index in [0.717, 1.165) is 18.4 Å². The van der Waals surface area contributed by atoms with Crippen LogP contribution < -0.4 is 5.32 Å². The number of hydrogen-bond donors (Lipinski definition) is 2. The third kappa shape index (κ3) is 2.97. The fourth-order valence-electron chi connectivity index (χ4n) is 3.20. The Morgan fingerprint density at radius 3 is 2.95 bits per heavy atom. The first kappa shape index (κ1) is 14.0. The molecule has 2 N–H and O–H groups in total. The molecule has 0 bridgehead atoms. The highest BCUT2D eigenvalue weighted by Gasteiger charge is 2.42. The third-order valence-corrected chi connectivity index (χ3v) is 6.89. The molecule has 1 aromatic heterocycles. The zero-order valence-electron chi connectivity index (χ0n) is 11.9. The standard InChI is InChI=1S/C16H20N2OS2/c19-10-16(18-11-5-6-11)8-7-12(9-16)20-15-17-13-3-1-2-4-14(13)21-15/h1-4,11-12,18-19H,5-10H2. The molecule has 2 unspecified atom stereocenters. The first-order valence-electron chi connectivity index (χ1n) is 7.67. The molecule has 0 aliphatic heterocycles. The Labute approximate surface area is 133 Å². The van der Waals surface area contributed by atoms with Gasteiger partial charge >= 0.3 is 0 Å². The second kappa shape index (κ2) is 5.54. The van der Waals surface area contributed by atoms with E-state index in [1.807, 2.05) is 17.8 Å². The molecular weight excluding hydrogens is 300 g/mol. The number of benzene rings is 1. The highest BCUT2D eigenvalue weighted by molar-refractivity contribution is 8.01. The van der Waals surface area contributed by atoms with E-state index in [0.29, 0.717) is 11.3 Å². The van der Waals surface area contributed by atoms with Crippen LogP contribution in [0.25, 0.3) is 10.2 Å². The van der Waals surface area contributed by atoms with Gasteiger partial charge in [0.2, 0.25) is 0 Å². The van der Waals surface area contributed by atoms with E-state index in [1.165, 1.54) is 28.3 Å². The fraction of sp³-hybridized carbons (Fsp3) is 0.562. The highest BCUT2D eigenvalue weighted by atomic mass is 32.2. The first-order valence-corrected chi connectivity index (χ1v) is 9.37. The van der Waals surface area contributed by atoms with Crippen LogP contribution in [0.1, 0.15) is 32.1 Å². The topological polar surface area (TPSA) is 45.1 Å². The summed E-state index contributed by atoms with van der Waals surface area (Å²) >= 11 is 3.69. The lowest BCUT2D eigenvalue weighted by atomic mass is 9.99. The first-order chi connectivity index (χ1) is 10.3. The van der Waals surface area contributed by atoms with Crippen LogP contribution in [0.3, 0.4) is 0 Å². The average molecular weight is 320 g/mol. The van der Waals surface area contributed by atoms with Crippen molar-refractivity contribution in [2.45, 2.75) is 53.3 Å². The molecule has 2 aliphatic rings. The number of thioether (sulfide) groups is 1. The van der Waals surface area contributed by atoms with E-state index < -0.39 is 0 Å². The quantitative estimate of drug-likeness (QED) is 0.886. The molecule has 0 radical (unpaired) electrons. The van der Waals surface area contributed by atoms with Crippen molar-refractivity contribution in [3.8, 4) is 0 Å². The summed E-state index contributed by atoms with van der Waals surface area (Å²) in [6.45, 7) is 0.264. The summed E-state index contributed by atoms with van der Waals surface area (Å²) in [4.78, 5) is 4.72. The van der Waals surface area contributed by atoms with Crippen LogP contribution in [0, 0.1) is 0 Å². The van der Waals surface area contributed by atoms with E-state index in [4.69, 9.17) is 4.98 Å². The van der Waals surface area contributed by atoms with Crippen molar-refractivity contribution in [1.82, 2.24) is 10.3 Å². The van der Waals surface area contributed by atoms with Crippen LogP contribution in [0.2, 0.25) is 0 Å².